The minimum Gasteiger partial charge on any atom is -0.477 e. The molecule has 0 aromatic carbocycles. The van der Waals surface area contributed by atoms with Gasteiger partial charge in [-0.2, -0.15) is 0 Å². The van der Waals surface area contributed by atoms with Gasteiger partial charge >= 0.3 is 5.97 Å². The number of ether oxygens (including phenoxy) is 1. The molecule has 1 aromatic rings. The average molecular weight is 278 g/mol. The van der Waals surface area contributed by atoms with Gasteiger partial charge in [-0.05, 0) is 31.9 Å². The molecule has 20 heavy (non-hydrogen) atoms. The number of rotatable bonds is 3. The zero-order valence-electron chi connectivity index (χ0n) is 11.6. The molecule has 1 fully saturated rings. The Morgan fingerprint density at radius 1 is 1.45 bits per heavy atom. The summed E-state index contributed by atoms with van der Waals surface area (Å²) in [5.74, 6) is -1.24. The monoisotopic (exact) mass is 278 g/mol. The lowest BCUT2D eigenvalue weighted by molar-refractivity contribution is -0.0440. The molecule has 1 N–H and O–H groups in total. The summed E-state index contributed by atoms with van der Waals surface area (Å²) < 4.78 is 5.46. The van der Waals surface area contributed by atoms with E-state index in [4.69, 9.17) is 9.84 Å². The SMILES string of the molecule is COC1(C)CCCN(C(=O)c2ccc(C(=O)O)nc2)C1. The first kappa shape index (κ1) is 14.5. The topological polar surface area (TPSA) is 79.7 Å². The molecule has 0 saturated carbocycles. The first-order chi connectivity index (χ1) is 9.45. The molecule has 1 aliphatic rings. The summed E-state index contributed by atoms with van der Waals surface area (Å²) in [6.45, 7) is 3.19. The van der Waals surface area contributed by atoms with E-state index in [1.54, 1.807) is 12.0 Å². The van der Waals surface area contributed by atoms with Crippen LogP contribution in [-0.2, 0) is 4.74 Å². The number of aromatic nitrogens is 1. The Hall–Kier alpha value is -1.95. The third-order valence-corrected chi connectivity index (χ3v) is 3.67. The lowest BCUT2D eigenvalue weighted by atomic mass is 9.94. The van der Waals surface area contributed by atoms with Gasteiger partial charge in [-0.1, -0.05) is 0 Å². The third kappa shape index (κ3) is 2.96. The van der Waals surface area contributed by atoms with Crippen LogP contribution in [0.15, 0.2) is 18.3 Å². The van der Waals surface area contributed by atoms with Crippen molar-refractivity contribution >= 4 is 11.9 Å². The normalized spacial score (nSPS) is 22.6. The van der Waals surface area contributed by atoms with Crippen molar-refractivity contribution in [3.8, 4) is 0 Å². The Labute approximate surface area is 117 Å². The zero-order chi connectivity index (χ0) is 14.8. The molecule has 1 saturated heterocycles. The Kier molecular flexibility index (Phi) is 4.04. The summed E-state index contributed by atoms with van der Waals surface area (Å²) in [4.78, 5) is 28.6. The van der Waals surface area contributed by atoms with Crippen molar-refractivity contribution in [2.45, 2.75) is 25.4 Å². The van der Waals surface area contributed by atoms with Crippen LogP contribution in [0.5, 0.6) is 0 Å². The van der Waals surface area contributed by atoms with Crippen LogP contribution in [-0.4, -0.2) is 52.7 Å². The first-order valence-electron chi connectivity index (χ1n) is 6.49. The summed E-state index contributed by atoms with van der Waals surface area (Å²) in [6, 6.07) is 2.84. The Balaban J connectivity index is 2.12. The van der Waals surface area contributed by atoms with Gasteiger partial charge in [0.05, 0.1) is 11.2 Å². The van der Waals surface area contributed by atoms with Crippen molar-refractivity contribution in [2.24, 2.45) is 0 Å². The maximum absolute atomic E-state index is 12.4. The lowest BCUT2D eigenvalue weighted by Crippen LogP contribution is -2.49. The van der Waals surface area contributed by atoms with Crippen LogP contribution in [0, 0.1) is 0 Å². The second kappa shape index (κ2) is 5.58. The fourth-order valence-corrected chi connectivity index (χ4v) is 2.38. The molecule has 1 atom stereocenters. The van der Waals surface area contributed by atoms with E-state index in [-0.39, 0.29) is 17.2 Å². The fraction of sp³-hybridized carbons (Fsp3) is 0.500. The fourth-order valence-electron chi connectivity index (χ4n) is 2.38. The number of hydrogen-bond donors (Lipinski definition) is 1. The van der Waals surface area contributed by atoms with Gasteiger partial charge in [-0.3, -0.25) is 4.79 Å². The van der Waals surface area contributed by atoms with Gasteiger partial charge in [-0.25, -0.2) is 9.78 Å². The van der Waals surface area contributed by atoms with Crippen LogP contribution >= 0.6 is 0 Å². The Bertz CT molecular complexity index is 514. The van der Waals surface area contributed by atoms with Gasteiger partial charge in [0.2, 0.25) is 0 Å². The summed E-state index contributed by atoms with van der Waals surface area (Å²) in [5.41, 5.74) is 0.0137. The van der Waals surface area contributed by atoms with Crippen molar-refractivity contribution in [3.63, 3.8) is 0 Å². The molecule has 0 bridgehead atoms. The largest absolute Gasteiger partial charge is 0.477 e. The summed E-state index contributed by atoms with van der Waals surface area (Å²) in [5, 5.41) is 8.79. The second-order valence-electron chi connectivity index (χ2n) is 5.22. The van der Waals surface area contributed by atoms with Gasteiger partial charge in [0.15, 0.2) is 0 Å². The first-order valence-corrected chi connectivity index (χ1v) is 6.49. The number of carboxylic acids is 1. The predicted molar refractivity (Wildman–Crippen MR) is 71.7 cm³/mol. The molecule has 1 amide bonds. The smallest absolute Gasteiger partial charge is 0.354 e. The second-order valence-corrected chi connectivity index (χ2v) is 5.22. The third-order valence-electron chi connectivity index (χ3n) is 3.67. The number of carboxylic acid groups (broad SMARTS) is 1. The number of hydrogen-bond acceptors (Lipinski definition) is 4. The standard InChI is InChI=1S/C14H18N2O4/c1-14(20-2)6-3-7-16(9-14)12(17)10-4-5-11(13(18)19)15-8-10/h4-5,8H,3,6-7,9H2,1-2H3,(H,18,19). The van der Waals surface area contributed by atoms with Crippen molar-refractivity contribution in [2.75, 3.05) is 20.2 Å². The molecular weight excluding hydrogens is 260 g/mol. The van der Waals surface area contributed by atoms with Crippen molar-refractivity contribution in [3.05, 3.63) is 29.6 Å². The van der Waals surface area contributed by atoms with Crippen LogP contribution in [0.25, 0.3) is 0 Å². The van der Waals surface area contributed by atoms with Crippen molar-refractivity contribution in [1.29, 1.82) is 0 Å². The quantitative estimate of drug-likeness (QED) is 0.904. The molecule has 1 aromatic heterocycles. The molecule has 0 aliphatic carbocycles. The Morgan fingerprint density at radius 2 is 2.20 bits per heavy atom. The van der Waals surface area contributed by atoms with Crippen LogP contribution in [0.4, 0.5) is 0 Å². The maximum atomic E-state index is 12.4. The zero-order valence-corrected chi connectivity index (χ0v) is 11.6. The molecule has 2 rings (SSSR count). The van der Waals surface area contributed by atoms with Gasteiger partial charge in [-0.15, -0.1) is 0 Å². The van der Waals surface area contributed by atoms with E-state index in [0.717, 1.165) is 12.8 Å². The predicted octanol–water partition coefficient (Wildman–Crippen LogP) is 1.42. The van der Waals surface area contributed by atoms with Crippen LogP contribution in [0.1, 0.15) is 40.6 Å². The lowest BCUT2D eigenvalue weighted by Gasteiger charge is -2.39. The highest BCUT2D eigenvalue weighted by Gasteiger charge is 2.33. The highest BCUT2D eigenvalue weighted by Crippen LogP contribution is 2.24. The molecule has 108 valence electrons. The maximum Gasteiger partial charge on any atom is 0.354 e. The van der Waals surface area contributed by atoms with Crippen molar-refractivity contribution < 1.29 is 19.4 Å². The molecular formula is C14H18N2O4. The van der Waals surface area contributed by atoms with E-state index < -0.39 is 5.97 Å². The number of carbonyl (C=O) groups excluding carboxylic acids is 1. The number of likely N-dealkylation sites (tertiary alicyclic amines) is 1. The van der Waals surface area contributed by atoms with E-state index in [9.17, 15) is 9.59 Å². The highest BCUT2D eigenvalue weighted by molar-refractivity contribution is 5.95. The number of nitrogens with zero attached hydrogens (tertiary/aromatic N) is 2. The Morgan fingerprint density at radius 3 is 2.75 bits per heavy atom. The molecule has 6 nitrogen and oxygen atoms in total. The van der Waals surface area contributed by atoms with Crippen LogP contribution in [0.3, 0.4) is 0 Å². The molecule has 1 aliphatic heterocycles. The summed E-state index contributed by atoms with van der Waals surface area (Å²) >= 11 is 0. The molecule has 2 heterocycles. The number of carbonyl (C=O) groups is 2. The summed E-state index contributed by atoms with van der Waals surface area (Å²) in [6.07, 6.45) is 3.12. The van der Waals surface area contributed by atoms with Crippen LogP contribution < -0.4 is 0 Å². The van der Waals surface area contributed by atoms with Gasteiger partial charge < -0.3 is 14.7 Å². The number of methoxy groups -OCH3 is 1. The van der Waals surface area contributed by atoms with Gasteiger partial charge in [0.1, 0.15) is 5.69 Å². The van der Waals surface area contributed by atoms with Crippen molar-refractivity contribution in [1.82, 2.24) is 9.88 Å². The minimum atomic E-state index is -1.10. The highest BCUT2D eigenvalue weighted by atomic mass is 16.5. The number of amides is 1. The number of aromatic carboxylic acids is 1. The van der Waals surface area contributed by atoms with E-state index in [1.165, 1.54) is 18.3 Å². The minimum absolute atomic E-state index is 0.0677. The van der Waals surface area contributed by atoms with Crippen LogP contribution in [0.2, 0.25) is 0 Å². The average Bonchev–Trinajstić information content (AvgIpc) is 2.46. The number of piperidine rings is 1. The molecule has 0 radical (unpaired) electrons. The summed E-state index contributed by atoms with van der Waals surface area (Å²) in [7, 11) is 1.65. The van der Waals surface area contributed by atoms with E-state index >= 15 is 0 Å². The van der Waals surface area contributed by atoms with Gasteiger partial charge in [0.25, 0.3) is 5.91 Å². The molecule has 0 spiro atoms. The molecule has 6 heteroatoms. The van der Waals surface area contributed by atoms with Gasteiger partial charge in [0, 0.05) is 26.4 Å². The van der Waals surface area contributed by atoms with E-state index in [0.29, 0.717) is 18.7 Å². The van der Waals surface area contributed by atoms with E-state index in [1.807, 2.05) is 6.92 Å². The van der Waals surface area contributed by atoms with E-state index in [2.05, 4.69) is 4.98 Å². The molecule has 1 unspecified atom stereocenters. The number of pyridine rings is 1.